The first kappa shape index (κ1) is 10.2. The lowest BCUT2D eigenvalue weighted by Crippen LogP contribution is -2.34. The summed E-state index contributed by atoms with van der Waals surface area (Å²) in [5.41, 5.74) is 0. The molecule has 15 heavy (non-hydrogen) atoms. The number of allylic oxidation sites excluding steroid dienone is 1. The Hall–Kier alpha value is -1.32. The van der Waals surface area contributed by atoms with Gasteiger partial charge in [-0.25, -0.2) is 0 Å². The molecule has 1 aliphatic heterocycles. The molecular formula is C11H14O4. The molecule has 4 nitrogen and oxygen atoms in total. The van der Waals surface area contributed by atoms with E-state index in [9.17, 15) is 9.59 Å². The van der Waals surface area contributed by atoms with E-state index >= 15 is 0 Å². The van der Waals surface area contributed by atoms with Crippen LogP contribution in [0.2, 0.25) is 0 Å². The van der Waals surface area contributed by atoms with Crippen LogP contribution in [0.3, 0.4) is 0 Å². The number of cyclic esters (lactones) is 1. The molecule has 82 valence electrons. The Morgan fingerprint density at radius 2 is 2.33 bits per heavy atom. The summed E-state index contributed by atoms with van der Waals surface area (Å²) in [4.78, 5) is 23.1. The van der Waals surface area contributed by atoms with Gasteiger partial charge in [-0.1, -0.05) is 12.2 Å². The molecule has 0 amide bonds. The Balaban J connectivity index is 2.26. The zero-order valence-corrected chi connectivity index (χ0v) is 8.80. The van der Waals surface area contributed by atoms with Gasteiger partial charge in [-0.2, -0.15) is 0 Å². The minimum Gasteiger partial charge on any atom is -0.469 e. The van der Waals surface area contributed by atoms with Crippen LogP contribution in [0.15, 0.2) is 12.2 Å². The van der Waals surface area contributed by atoms with Gasteiger partial charge in [0, 0.05) is 5.92 Å². The molecule has 1 saturated heterocycles. The van der Waals surface area contributed by atoms with Gasteiger partial charge >= 0.3 is 11.9 Å². The van der Waals surface area contributed by atoms with Gasteiger partial charge in [-0.15, -0.1) is 0 Å². The third kappa shape index (κ3) is 1.54. The molecule has 4 heteroatoms. The smallest absolute Gasteiger partial charge is 0.310 e. The highest BCUT2D eigenvalue weighted by molar-refractivity contribution is 5.84. The van der Waals surface area contributed by atoms with Crippen LogP contribution >= 0.6 is 0 Å². The van der Waals surface area contributed by atoms with Crippen molar-refractivity contribution in [3.8, 4) is 0 Å². The maximum absolute atomic E-state index is 11.6. The number of hydrogen-bond donors (Lipinski definition) is 0. The molecule has 2 rings (SSSR count). The highest BCUT2D eigenvalue weighted by atomic mass is 16.6. The summed E-state index contributed by atoms with van der Waals surface area (Å²) in [6, 6.07) is 0. The number of ether oxygens (including phenoxy) is 2. The van der Waals surface area contributed by atoms with Crippen molar-refractivity contribution in [1.82, 2.24) is 0 Å². The van der Waals surface area contributed by atoms with Gasteiger partial charge in [0.1, 0.15) is 6.10 Å². The van der Waals surface area contributed by atoms with Gasteiger partial charge in [0.05, 0.1) is 18.9 Å². The number of carbonyl (C=O) groups excluding carboxylic acids is 2. The summed E-state index contributed by atoms with van der Waals surface area (Å²) in [5.74, 6) is -1.29. The van der Waals surface area contributed by atoms with Crippen LogP contribution in [0.25, 0.3) is 0 Å². The average molecular weight is 210 g/mol. The minimum atomic E-state index is -0.373. The number of carbonyl (C=O) groups is 2. The molecule has 0 N–H and O–H groups in total. The van der Waals surface area contributed by atoms with Crippen molar-refractivity contribution in [2.75, 3.05) is 7.11 Å². The van der Waals surface area contributed by atoms with Crippen LogP contribution in [-0.4, -0.2) is 25.2 Å². The SMILES string of the molecule is COC(=O)[C@H]1CC=C[C@@H]2[C@@H]1C(=O)O[C@H]2C. The summed E-state index contributed by atoms with van der Waals surface area (Å²) >= 11 is 0. The summed E-state index contributed by atoms with van der Waals surface area (Å²) < 4.78 is 9.84. The van der Waals surface area contributed by atoms with Crippen LogP contribution in [0.5, 0.6) is 0 Å². The average Bonchev–Trinajstić information content (AvgIpc) is 2.54. The largest absolute Gasteiger partial charge is 0.469 e. The lowest BCUT2D eigenvalue weighted by Gasteiger charge is -2.25. The zero-order chi connectivity index (χ0) is 11.0. The van der Waals surface area contributed by atoms with E-state index in [2.05, 4.69) is 0 Å². The van der Waals surface area contributed by atoms with Gasteiger partial charge in [-0.05, 0) is 13.3 Å². The van der Waals surface area contributed by atoms with Gasteiger partial charge in [-0.3, -0.25) is 9.59 Å². The third-order valence-corrected chi connectivity index (χ3v) is 3.22. The standard InChI is InChI=1S/C11H14O4/c1-6-7-4-3-5-8(10(12)14-2)9(7)11(13)15-6/h3-4,6-9H,5H2,1-2H3/t6-,7-,8-,9-/m0/s1. The molecular weight excluding hydrogens is 196 g/mol. The maximum atomic E-state index is 11.6. The Bertz CT molecular complexity index is 321. The lowest BCUT2D eigenvalue weighted by atomic mass is 9.75. The van der Waals surface area contributed by atoms with Crippen molar-refractivity contribution in [2.24, 2.45) is 17.8 Å². The molecule has 0 bridgehead atoms. The van der Waals surface area contributed by atoms with Gasteiger partial charge in [0.2, 0.25) is 0 Å². The second-order valence-electron chi connectivity index (χ2n) is 4.04. The van der Waals surface area contributed by atoms with Gasteiger partial charge in [0.15, 0.2) is 0 Å². The second-order valence-corrected chi connectivity index (χ2v) is 4.04. The van der Waals surface area contributed by atoms with Crippen molar-refractivity contribution in [1.29, 1.82) is 0 Å². The molecule has 2 aliphatic rings. The Morgan fingerprint density at radius 1 is 1.60 bits per heavy atom. The summed E-state index contributed by atoms with van der Waals surface area (Å²) in [7, 11) is 1.35. The van der Waals surface area contributed by atoms with Crippen LogP contribution in [-0.2, 0) is 19.1 Å². The fourth-order valence-electron chi connectivity index (χ4n) is 2.42. The molecule has 0 aromatic heterocycles. The second kappa shape index (κ2) is 3.68. The molecule has 0 spiro atoms. The Labute approximate surface area is 88.2 Å². The van der Waals surface area contributed by atoms with E-state index in [1.54, 1.807) is 0 Å². The number of rotatable bonds is 1. The fourth-order valence-corrected chi connectivity index (χ4v) is 2.42. The first-order valence-corrected chi connectivity index (χ1v) is 5.10. The van der Waals surface area contributed by atoms with Gasteiger partial charge < -0.3 is 9.47 Å². The van der Waals surface area contributed by atoms with E-state index < -0.39 is 0 Å². The van der Waals surface area contributed by atoms with Crippen molar-refractivity contribution in [3.63, 3.8) is 0 Å². The summed E-state index contributed by atoms with van der Waals surface area (Å²) in [5, 5.41) is 0. The lowest BCUT2D eigenvalue weighted by molar-refractivity contribution is -0.154. The van der Waals surface area contributed by atoms with Crippen LogP contribution in [0.4, 0.5) is 0 Å². The van der Waals surface area contributed by atoms with Crippen LogP contribution in [0.1, 0.15) is 13.3 Å². The predicted molar refractivity (Wildman–Crippen MR) is 51.8 cm³/mol. The first-order chi connectivity index (χ1) is 7.15. The molecule has 0 unspecified atom stereocenters. The quantitative estimate of drug-likeness (QED) is 0.477. The van der Waals surface area contributed by atoms with Crippen molar-refractivity contribution < 1.29 is 19.1 Å². The molecule has 0 aromatic rings. The molecule has 1 aliphatic carbocycles. The first-order valence-electron chi connectivity index (χ1n) is 5.10. The van der Waals surface area contributed by atoms with E-state index in [0.717, 1.165) is 0 Å². The van der Waals surface area contributed by atoms with E-state index in [4.69, 9.17) is 9.47 Å². The van der Waals surface area contributed by atoms with Crippen molar-refractivity contribution in [2.45, 2.75) is 19.4 Å². The van der Waals surface area contributed by atoms with E-state index in [-0.39, 0.29) is 35.8 Å². The maximum Gasteiger partial charge on any atom is 0.310 e. The Morgan fingerprint density at radius 3 is 3.00 bits per heavy atom. The number of methoxy groups -OCH3 is 1. The number of esters is 2. The third-order valence-electron chi connectivity index (χ3n) is 3.22. The minimum absolute atomic E-state index is 0.0235. The topological polar surface area (TPSA) is 52.6 Å². The Kier molecular flexibility index (Phi) is 2.50. The molecule has 4 atom stereocenters. The molecule has 1 fully saturated rings. The molecule has 0 saturated carbocycles. The van der Waals surface area contributed by atoms with Crippen molar-refractivity contribution in [3.05, 3.63) is 12.2 Å². The molecule has 0 radical (unpaired) electrons. The predicted octanol–water partition coefficient (Wildman–Crippen LogP) is 0.913. The van der Waals surface area contributed by atoms with E-state index in [0.29, 0.717) is 6.42 Å². The fraction of sp³-hybridized carbons (Fsp3) is 0.636. The zero-order valence-electron chi connectivity index (χ0n) is 8.80. The summed E-state index contributed by atoms with van der Waals surface area (Å²) in [6.07, 6.45) is 4.34. The molecule has 1 heterocycles. The monoisotopic (exact) mass is 210 g/mol. The van der Waals surface area contributed by atoms with Gasteiger partial charge in [0.25, 0.3) is 0 Å². The molecule has 0 aromatic carbocycles. The summed E-state index contributed by atoms with van der Waals surface area (Å²) in [6.45, 7) is 1.85. The highest BCUT2D eigenvalue weighted by Crippen LogP contribution is 2.40. The van der Waals surface area contributed by atoms with E-state index in [1.165, 1.54) is 7.11 Å². The highest BCUT2D eigenvalue weighted by Gasteiger charge is 2.49. The van der Waals surface area contributed by atoms with Crippen molar-refractivity contribution >= 4 is 11.9 Å². The number of fused-ring (bicyclic) bond motifs is 1. The van der Waals surface area contributed by atoms with Crippen LogP contribution < -0.4 is 0 Å². The van der Waals surface area contributed by atoms with Crippen LogP contribution in [0, 0.1) is 17.8 Å². The normalized spacial score (nSPS) is 38.4. The number of hydrogen-bond acceptors (Lipinski definition) is 4. The van der Waals surface area contributed by atoms with E-state index in [1.807, 2.05) is 19.1 Å².